The first kappa shape index (κ1) is 19.5. The van der Waals surface area contributed by atoms with E-state index in [0.717, 1.165) is 48.6 Å². The molecular weight excluding hydrogens is 334 g/mol. The van der Waals surface area contributed by atoms with Crippen molar-refractivity contribution in [3.63, 3.8) is 0 Å². The molecule has 1 amide bonds. The summed E-state index contributed by atoms with van der Waals surface area (Å²) < 4.78 is 2.18. The van der Waals surface area contributed by atoms with Gasteiger partial charge in [0.2, 0.25) is 0 Å². The lowest BCUT2D eigenvalue weighted by molar-refractivity contribution is 0.0697. The van der Waals surface area contributed by atoms with Gasteiger partial charge >= 0.3 is 0 Å². The zero-order valence-electron chi connectivity index (χ0n) is 15.5. The number of hydrogen-bond donors (Lipinski definition) is 1. The molecule has 1 fully saturated rings. The lowest BCUT2D eigenvalue weighted by Crippen LogP contribution is -2.47. The van der Waals surface area contributed by atoms with Gasteiger partial charge in [-0.05, 0) is 64.4 Å². The Balaban J connectivity index is 0.00000225. The third-order valence-corrected chi connectivity index (χ3v) is 5.04. The van der Waals surface area contributed by atoms with Crippen LogP contribution in [0.5, 0.6) is 0 Å². The summed E-state index contributed by atoms with van der Waals surface area (Å²) in [5.74, 6) is 0.155. The number of nitrogens with zero attached hydrogens (tertiary/aromatic N) is 2. The number of hydrogen-bond acceptors (Lipinski definition) is 2. The van der Waals surface area contributed by atoms with Gasteiger partial charge in [-0.2, -0.15) is 0 Å². The number of rotatable bonds is 3. The third-order valence-electron chi connectivity index (χ3n) is 5.04. The fourth-order valence-electron chi connectivity index (χ4n) is 3.71. The minimum Gasteiger partial charge on any atom is -0.337 e. The molecule has 25 heavy (non-hydrogen) atoms. The second-order valence-corrected chi connectivity index (χ2v) is 6.84. The largest absolute Gasteiger partial charge is 0.337 e. The summed E-state index contributed by atoms with van der Waals surface area (Å²) in [5.41, 5.74) is 5.29. The highest BCUT2D eigenvalue weighted by molar-refractivity contribution is 5.96. The molecule has 0 spiro atoms. The Labute approximate surface area is 156 Å². The van der Waals surface area contributed by atoms with E-state index in [1.165, 1.54) is 5.56 Å². The van der Waals surface area contributed by atoms with Crippen molar-refractivity contribution in [1.82, 2.24) is 14.8 Å². The van der Waals surface area contributed by atoms with Gasteiger partial charge in [0.05, 0.1) is 5.56 Å². The van der Waals surface area contributed by atoms with Crippen LogP contribution in [0.25, 0.3) is 5.69 Å². The zero-order chi connectivity index (χ0) is 17.3. The molecule has 3 rings (SSSR count). The number of amides is 1. The van der Waals surface area contributed by atoms with Gasteiger partial charge < -0.3 is 14.8 Å². The Kier molecular flexibility index (Phi) is 6.31. The number of aryl methyl sites for hydroxylation is 2. The molecule has 0 bridgehead atoms. The fourth-order valence-corrected chi connectivity index (χ4v) is 3.71. The third kappa shape index (κ3) is 3.91. The lowest BCUT2D eigenvalue weighted by Gasteiger charge is -2.32. The molecule has 0 saturated carbocycles. The quantitative estimate of drug-likeness (QED) is 0.906. The van der Waals surface area contributed by atoms with Gasteiger partial charge in [-0.15, -0.1) is 12.4 Å². The molecule has 136 valence electrons. The first-order chi connectivity index (χ1) is 11.5. The molecule has 4 nitrogen and oxygen atoms in total. The van der Waals surface area contributed by atoms with E-state index in [-0.39, 0.29) is 18.3 Å². The Morgan fingerprint density at radius 3 is 2.64 bits per heavy atom. The number of aromatic nitrogens is 1. The monoisotopic (exact) mass is 361 g/mol. The topological polar surface area (TPSA) is 37.3 Å². The number of likely N-dealkylation sites (tertiary alicyclic amines) is 1. The van der Waals surface area contributed by atoms with Crippen LogP contribution in [-0.4, -0.2) is 41.6 Å². The minimum absolute atomic E-state index is 0. The van der Waals surface area contributed by atoms with E-state index in [9.17, 15) is 4.79 Å². The molecule has 0 radical (unpaired) electrons. The maximum Gasteiger partial charge on any atom is 0.255 e. The molecule has 2 heterocycles. The van der Waals surface area contributed by atoms with Crippen LogP contribution in [0, 0.1) is 20.8 Å². The number of nitrogens with one attached hydrogen (secondary N) is 1. The molecule has 0 aliphatic carbocycles. The van der Waals surface area contributed by atoms with Crippen LogP contribution in [0.15, 0.2) is 30.3 Å². The van der Waals surface area contributed by atoms with Gasteiger partial charge in [0, 0.05) is 36.2 Å². The standard InChI is InChI=1S/C20H27N3O.ClH/c1-14-7-5-9-18(11-14)23-15(2)12-19(16(23)3)20(24)22-10-6-8-17(13-22)21-4;/h5,7,9,11-12,17,21H,6,8,10,13H2,1-4H3;1H. The molecule has 1 unspecified atom stereocenters. The molecule has 1 N–H and O–H groups in total. The summed E-state index contributed by atoms with van der Waals surface area (Å²) in [7, 11) is 1.97. The van der Waals surface area contributed by atoms with Crippen molar-refractivity contribution in [2.24, 2.45) is 0 Å². The Hall–Kier alpha value is -1.78. The van der Waals surface area contributed by atoms with E-state index in [2.05, 4.69) is 48.0 Å². The molecule has 1 aromatic heterocycles. The number of piperidine rings is 1. The van der Waals surface area contributed by atoms with E-state index in [1.807, 2.05) is 24.9 Å². The van der Waals surface area contributed by atoms with Gasteiger partial charge in [0.25, 0.3) is 5.91 Å². The summed E-state index contributed by atoms with van der Waals surface area (Å²) >= 11 is 0. The first-order valence-electron chi connectivity index (χ1n) is 8.73. The van der Waals surface area contributed by atoms with Crippen molar-refractivity contribution in [3.8, 4) is 5.69 Å². The number of likely N-dealkylation sites (N-methyl/N-ethyl adjacent to an activating group) is 1. The van der Waals surface area contributed by atoms with Crippen molar-refractivity contribution in [3.05, 3.63) is 52.8 Å². The second-order valence-electron chi connectivity index (χ2n) is 6.84. The van der Waals surface area contributed by atoms with E-state index in [4.69, 9.17) is 0 Å². The molecular formula is C20H28ClN3O. The van der Waals surface area contributed by atoms with E-state index < -0.39 is 0 Å². The smallest absolute Gasteiger partial charge is 0.255 e. The van der Waals surface area contributed by atoms with Crippen molar-refractivity contribution < 1.29 is 4.79 Å². The van der Waals surface area contributed by atoms with Gasteiger partial charge in [-0.1, -0.05) is 12.1 Å². The van der Waals surface area contributed by atoms with Crippen LogP contribution in [0.3, 0.4) is 0 Å². The maximum absolute atomic E-state index is 13.0. The number of carbonyl (C=O) groups excluding carboxylic acids is 1. The van der Waals surface area contributed by atoms with Crippen molar-refractivity contribution >= 4 is 18.3 Å². The Bertz CT molecular complexity index is 753. The molecule has 5 heteroatoms. The van der Waals surface area contributed by atoms with Crippen LogP contribution in [-0.2, 0) is 0 Å². The number of halogens is 1. The number of carbonyl (C=O) groups is 1. The maximum atomic E-state index is 13.0. The van der Waals surface area contributed by atoms with Crippen LogP contribution in [0.2, 0.25) is 0 Å². The van der Waals surface area contributed by atoms with Crippen molar-refractivity contribution in [2.75, 3.05) is 20.1 Å². The summed E-state index contributed by atoms with van der Waals surface area (Å²) in [5, 5.41) is 3.30. The van der Waals surface area contributed by atoms with Gasteiger partial charge in [-0.3, -0.25) is 4.79 Å². The van der Waals surface area contributed by atoms with Crippen molar-refractivity contribution in [2.45, 2.75) is 39.7 Å². The highest BCUT2D eigenvalue weighted by Gasteiger charge is 2.26. The fraction of sp³-hybridized carbons (Fsp3) is 0.450. The normalized spacial score (nSPS) is 17.3. The van der Waals surface area contributed by atoms with Crippen molar-refractivity contribution in [1.29, 1.82) is 0 Å². The van der Waals surface area contributed by atoms with Crippen LogP contribution in [0.4, 0.5) is 0 Å². The molecule has 1 aliphatic heterocycles. The highest BCUT2D eigenvalue weighted by Crippen LogP contribution is 2.24. The Morgan fingerprint density at radius 1 is 1.20 bits per heavy atom. The van der Waals surface area contributed by atoms with E-state index in [0.29, 0.717) is 6.04 Å². The second kappa shape index (κ2) is 8.07. The predicted molar refractivity (Wildman–Crippen MR) is 105 cm³/mol. The number of benzene rings is 1. The van der Waals surface area contributed by atoms with Gasteiger partial charge in [0.15, 0.2) is 0 Å². The molecule has 1 aromatic carbocycles. The molecule has 1 saturated heterocycles. The van der Waals surface area contributed by atoms with Gasteiger partial charge in [-0.25, -0.2) is 0 Å². The SMILES string of the molecule is CNC1CCCN(C(=O)c2cc(C)n(-c3cccc(C)c3)c2C)C1.Cl. The lowest BCUT2D eigenvalue weighted by atomic mass is 10.0. The van der Waals surface area contributed by atoms with Crippen LogP contribution < -0.4 is 5.32 Å². The summed E-state index contributed by atoms with van der Waals surface area (Å²) in [4.78, 5) is 15.0. The predicted octanol–water partition coefficient (Wildman–Crippen LogP) is 3.65. The first-order valence-corrected chi connectivity index (χ1v) is 8.73. The summed E-state index contributed by atoms with van der Waals surface area (Å²) in [6.07, 6.45) is 2.20. The average Bonchev–Trinajstić information content (AvgIpc) is 2.88. The average molecular weight is 362 g/mol. The van der Waals surface area contributed by atoms with Crippen LogP contribution >= 0.6 is 12.4 Å². The Morgan fingerprint density at radius 2 is 1.96 bits per heavy atom. The zero-order valence-corrected chi connectivity index (χ0v) is 16.3. The molecule has 1 aliphatic rings. The van der Waals surface area contributed by atoms with E-state index in [1.54, 1.807) is 0 Å². The summed E-state index contributed by atoms with van der Waals surface area (Å²) in [6, 6.07) is 10.8. The minimum atomic E-state index is 0. The highest BCUT2D eigenvalue weighted by atomic mass is 35.5. The molecule has 1 atom stereocenters. The van der Waals surface area contributed by atoms with Crippen LogP contribution in [0.1, 0.15) is 40.2 Å². The molecule has 2 aromatic rings. The summed E-state index contributed by atoms with van der Waals surface area (Å²) in [6.45, 7) is 7.85. The van der Waals surface area contributed by atoms with E-state index >= 15 is 0 Å². The van der Waals surface area contributed by atoms with Gasteiger partial charge in [0.1, 0.15) is 0 Å².